The predicted octanol–water partition coefficient (Wildman–Crippen LogP) is 2.68. The standard InChI is InChI=1S/C16H23N3O/c1-11-6-5-7-12(2)19(11)16(20)15-10-17-13-8-3-4-9-14(13)18-15/h3-4,8-9,11-12,15,17-18H,5-7,10H2,1-2H3/t11-,12+,15?. The molecule has 1 saturated heterocycles. The number of fused-ring (bicyclic) bond motifs is 1. The zero-order valence-electron chi connectivity index (χ0n) is 12.2. The Labute approximate surface area is 120 Å². The topological polar surface area (TPSA) is 44.4 Å². The largest absolute Gasteiger partial charge is 0.381 e. The van der Waals surface area contributed by atoms with E-state index in [0.29, 0.717) is 18.6 Å². The van der Waals surface area contributed by atoms with Gasteiger partial charge in [-0.3, -0.25) is 4.79 Å². The molecule has 2 heterocycles. The second kappa shape index (κ2) is 5.35. The first-order chi connectivity index (χ1) is 9.66. The quantitative estimate of drug-likeness (QED) is 0.827. The van der Waals surface area contributed by atoms with Crippen LogP contribution in [-0.2, 0) is 4.79 Å². The fourth-order valence-electron chi connectivity index (χ4n) is 3.40. The molecule has 1 unspecified atom stereocenters. The normalized spacial score (nSPS) is 29.1. The number of rotatable bonds is 1. The number of benzene rings is 1. The summed E-state index contributed by atoms with van der Waals surface area (Å²) in [6, 6.07) is 8.60. The van der Waals surface area contributed by atoms with Crippen molar-refractivity contribution in [1.29, 1.82) is 0 Å². The molecule has 4 nitrogen and oxygen atoms in total. The zero-order chi connectivity index (χ0) is 14.1. The lowest BCUT2D eigenvalue weighted by molar-refractivity contribution is -0.137. The summed E-state index contributed by atoms with van der Waals surface area (Å²) >= 11 is 0. The summed E-state index contributed by atoms with van der Waals surface area (Å²) in [6.07, 6.45) is 3.46. The van der Waals surface area contributed by atoms with Crippen LogP contribution in [0.1, 0.15) is 33.1 Å². The van der Waals surface area contributed by atoms with Crippen LogP contribution < -0.4 is 10.6 Å². The molecule has 1 aromatic rings. The van der Waals surface area contributed by atoms with Gasteiger partial charge < -0.3 is 15.5 Å². The van der Waals surface area contributed by atoms with Crippen molar-refractivity contribution in [1.82, 2.24) is 4.90 Å². The Morgan fingerprint density at radius 2 is 1.80 bits per heavy atom. The van der Waals surface area contributed by atoms with Gasteiger partial charge in [0.25, 0.3) is 0 Å². The molecule has 0 bridgehead atoms. The Balaban J connectivity index is 1.75. The first-order valence-electron chi connectivity index (χ1n) is 7.58. The van der Waals surface area contributed by atoms with Crippen molar-refractivity contribution in [3.63, 3.8) is 0 Å². The van der Waals surface area contributed by atoms with Gasteiger partial charge in [0.1, 0.15) is 6.04 Å². The number of nitrogens with zero attached hydrogens (tertiary/aromatic N) is 1. The van der Waals surface area contributed by atoms with Gasteiger partial charge in [0.15, 0.2) is 0 Å². The van der Waals surface area contributed by atoms with Crippen molar-refractivity contribution in [2.45, 2.75) is 51.2 Å². The van der Waals surface area contributed by atoms with E-state index in [1.54, 1.807) is 0 Å². The van der Waals surface area contributed by atoms with Crippen LogP contribution in [0.2, 0.25) is 0 Å². The molecule has 108 valence electrons. The van der Waals surface area contributed by atoms with E-state index in [0.717, 1.165) is 24.2 Å². The Hall–Kier alpha value is -1.71. The maximum atomic E-state index is 12.8. The number of piperidine rings is 1. The molecule has 20 heavy (non-hydrogen) atoms. The monoisotopic (exact) mass is 273 g/mol. The molecule has 1 aromatic carbocycles. The molecule has 3 atom stereocenters. The number of hydrogen-bond acceptors (Lipinski definition) is 3. The van der Waals surface area contributed by atoms with Gasteiger partial charge in [-0.15, -0.1) is 0 Å². The Bertz CT molecular complexity index is 492. The van der Waals surface area contributed by atoms with Crippen molar-refractivity contribution in [3.05, 3.63) is 24.3 Å². The highest BCUT2D eigenvalue weighted by Gasteiger charge is 2.34. The van der Waals surface area contributed by atoms with Gasteiger partial charge in [0.2, 0.25) is 5.91 Å². The lowest BCUT2D eigenvalue weighted by atomic mass is 9.96. The van der Waals surface area contributed by atoms with Gasteiger partial charge in [-0.25, -0.2) is 0 Å². The van der Waals surface area contributed by atoms with E-state index in [1.807, 2.05) is 24.3 Å². The number of carbonyl (C=O) groups is 1. The van der Waals surface area contributed by atoms with Crippen molar-refractivity contribution in [2.24, 2.45) is 0 Å². The number of likely N-dealkylation sites (tertiary alicyclic amines) is 1. The smallest absolute Gasteiger partial charge is 0.247 e. The number of para-hydroxylation sites is 2. The molecule has 4 heteroatoms. The maximum absolute atomic E-state index is 12.8. The van der Waals surface area contributed by atoms with E-state index in [-0.39, 0.29) is 11.9 Å². The number of amides is 1. The average Bonchev–Trinajstić information content (AvgIpc) is 2.46. The second-order valence-corrected chi connectivity index (χ2v) is 6.00. The third kappa shape index (κ3) is 2.35. The van der Waals surface area contributed by atoms with Crippen molar-refractivity contribution < 1.29 is 4.79 Å². The van der Waals surface area contributed by atoms with Crippen LogP contribution in [0.15, 0.2) is 24.3 Å². The van der Waals surface area contributed by atoms with Crippen molar-refractivity contribution in [2.75, 3.05) is 17.2 Å². The molecule has 2 N–H and O–H groups in total. The van der Waals surface area contributed by atoms with Crippen LogP contribution in [0.4, 0.5) is 11.4 Å². The molecule has 2 aliphatic rings. The summed E-state index contributed by atoms with van der Waals surface area (Å²) in [5.74, 6) is 0.228. The van der Waals surface area contributed by atoms with Crippen molar-refractivity contribution in [3.8, 4) is 0 Å². The van der Waals surface area contributed by atoms with Crippen LogP contribution >= 0.6 is 0 Å². The summed E-state index contributed by atoms with van der Waals surface area (Å²) in [4.78, 5) is 14.9. The van der Waals surface area contributed by atoms with E-state index in [1.165, 1.54) is 6.42 Å². The number of hydrogen-bond donors (Lipinski definition) is 2. The van der Waals surface area contributed by atoms with E-state index < -0.39 is 0 Å². The van der Waals surface area contributed by atoms with Gasteiger partial charge >= 0.3 is 0 Å². The molecule has 3 rings (SSSR count). The molecule has 0 spiro atoms. The van der Waals surface area contributed by atoms with Crippen LogP contribution in [-0.4, -0.2) is 35.5 Å². The second-order valence-electron chi connectivity index (χ2n) is 6.00. The molecular weight excluding hydrogens is 250 g/mol. The van der Waals surface area contributed by atoms with Gasteiger partial charge in [-0.2, -0.15) is 0 Å². The molecule has 0 aromatic heterocycles. The fourth-order valence-corrected chi connectivity index (χ4v) is 3.40. The van der Waals surface area contributed by atoms with E-state index in [2.05, 4.69) is 29.4 Å². The average molecular weight is 273 g/mol. The fraction of sp³-hybridized carbons (Fsp3) is 0.562. The van der Waals surface area contributed by atoms with Crippen LogP contribution in [0, 0.1) is 0 Å². The van der Waals surface area contributed by atoms with Gasteiger partial charge in [-0.1, -0.05) is 12.1 Å². The molecule has 1 amide bonds. The minimum Gasteiger partial charge on any atom is -0.381 e. The minimum absolute atomic E-state index is 0.159. The van der Waals surface area contributed by atoms with Crippen molar-refractivity contribution >= 4 is 17.3 Å². The highest BCUT2D eigenvalue weighted by atomic mass is 16.2. The molecule has 0 saturated carbocycles. The molecule has 0 radical (unpaired) electrons. The lowest BCUT2D eigenvalue weighted by Gasteiger charge is -2.42. The Morgan fingerprint density at radius 3 is 2.50 bits per heavy atom. The molecule has 2 aliphatic heterocycles. The van der Waals surface area contributed by atoms with Gasteiger partial charge in [-0.05, 0) is 45.2 Å². The summed E-state index contributed by atoms with van der Waals surface area (Å²) in [7, 11) is 0. The molecule has 1 fully saturated rings. The number of carbonyl (C=O) groups excluding carboxylic acids is 1. The summed E-state index contributed by atoms with van der Waals surface area (Å²) < 4.78 is 0. The SMILES string of the molecule is C[C@@H]1CCC[C@H](C)N1C(=O)C1CNc2ccccc2N1. The third-order valence-corrected chi connectivity index (χ3v) is 4.50. The highest BCUT2D eigenvalue weighted by molar-refractivity contribution is 5.89. The highest BCUT2D eigenvalue weighted by Crippen LogP contribution is 2.28. The van der Waals surface area contributed by atoms with Gasteiger partial charge in [0, 0.05) is 18.6 Å². The Kier molecular flexibility index (Phi) is 3.55. The summed E-state index contributed by atoms with van der Waals surface area (Å²) in [5.41, 5.74) is 2.10. The van der Waals surface area contributed by atoms with E-state index >= 15 is 0 Å². The van der Waals surface area contributed by atoms with Gasteiger partial charge in [0.05, 0.1) is 11.4 Å². The summed E-state index contributed by atoms with van der Waals surface area (Å²) in [5, 5.41) is 6.73. The lowest BCUT2D eigenvalue weighted by Crippen LogP contribution is -2.55. The first kappa shape index (κ1) is 13.3. The van der Waals surface area contributed by atoms with E-state index in [4.69, 9.17) is 0 Å². The van der Waals surface area contributed by atoms with E-state index in [9.17, 15) is 4.79 Å². The Morgan fingerprint density at radius 1 is 1.15 bits per heavy atom. The molecule has 0 aliphatic carbocycles. The number of anilines is 2. The first-order valence-corrected chi connectivity index (χ1v) is 7.58. The van der Waals surface area contributed by atoms with Crippen LogP contribution in [0.3, 0.4) is 0 Å². The molecular formula is C16H23N3O. The summed E-state index contributed by atoms with van der Waals surface area (Å²) in [6.45, 7) is 4.99. The maximum Gasteiger partial charge on any atom is 0.247 e. The van der Waals surface area contributed by atoms with Crippen LogP contribution in [0.5, 0.6) is 0 Å². The third-order valence-electron chi connectivity index (χ3n) is 4.50. The van der Waals surface area contributed by atoms with Crippen LogP contribution in [0.25, 0.3) is 0 Å². The zero-order valence-corrected chi connectivity index (χ0v) is 12.2. The number of nitrogens with one attached hydrogen (secondary N) is 2. The minimum atomic E-state index is -0.159. The predicted molar refractivity (Wildman–Crippen MR) is 82.0 cm³/mol.